The number of nitrogens with zero attached hydrogens (tertiary/aromatic N) is 5. The maximum absolute atomic E-state index is 13.5. The number of fused-ring (bicyclic) bond motifs is 2. The summed E-state index contributed by atoms with van der Waals surface area (Å²) < 4.78 is 5.04. The van der Waals surface area contributed by atoms with Gasteiger partial charge in [0.2, 0.25) is 0 Å². The fourth-order valence-electron chi connectivity index (χ4n) is 4.78. The minimum Gasteiger partial charge on any atom is -0.381 e. The van der Waals surface area contributed by atoms with E-state index in [1.807, 2.05) is 74.8 Å². The second kappa shape index (κ2) is 11.3. The summed E-state index contributed by atoms with van der Waals surface area (Å²) in [5.41, 5.74) is 15.2. The lowest BCUT2D eigenvalue weighted by molar-refractivity contribution is 0.100. The van der Waals surface area contributed by atoms with Gasteiger partial charge in [0, 0.05) is 42.9 Å². The van der Waals surface area contributed by atoms with E-state index >= 15 is 0 Å². The van der Waals surface area contributed by atoms with Crippen LogP contribution in [-0.4, -0.2) is 36.6 Å². The van der Waals surface area contributed by atoms with Crippen molar-refractivity contribution in [1.82, 2.24) is 24.1 Å². The monoisotopic (exact) mass is 546 g/mol. The molecule has 5 N–H and O–H groups in total. The van der Waals surface area contributed by atoms with Crippen molar-refractivity contribution in [2.75, 3.05) is 17.6 Å². The zero-order valence-electron chi connectivity index (χ0n) is 23.0. The second-order valence-corrected chi connectivity index (χ2v) is 9.47. The van der Waals surface area contributed by atoms with Crippen molar-refractivity contribution >= 4 is 34.5 Å². The minimum atomic E-state index is -0.568. The van der Waals surface area contributed by atoms with Crippen molar-refractivity contribution in [3.8, 4) is 17.5 Å². The molecule has 1 amide bonds. The Kier molecular flexibility index (Phi) is 7.43. The minimum absolute atomic E-state index is 0.0339. The van der Waals surface area contributed by atoms with Gasteiger partial charge in [-0.25, -0.2) is 4.68 Å². The molecule has 2 aromatic carbocycles. The Balaban J connectivity index is 0.000000216. The number of hydrogen-bond donors (Lipinski definition) is 3. The van der Waals surface area contributed by atoms with Crippen molar-refractivity contribution < 1.29 is 4.79 Å². The molecular weight excluding hydrogens is 516 g/mol. The summed E-state index contributed by atoms with van der Waals surface area (Å²) in [7, 11) is 1.88. The number of carbonyl (C=O) groups excluding carboxylic acids is 1. The van der Waals surface area contributed by atoms with Gasteiger partial charge < -0.3 is 16.8 Å². The van der Waals surface area contributed by atoms with Gasteiger partial charge in [0.05, 0.1) is 16.6 Å². The van der Waals surface area contributed by atoms with E-state index in [1.165, 1.54) is 4.68 Å². The molecule has 10 nitrogen and oxygen atoms in total. The molecule has 0 saturated carbocycles. The van der Waals surface area contributed by atoms with Crippen LogP contribution in [0.25, 0.3) is 22.7 Å². The predicted octanol–water partition coefficient (Wildman–Crippen LogP) is 3.46. The van der Waals surface area contributed by atoms with Gasteiger partial charge in [-0.2, -0.15) is 5.10 Å². The van der Waals surface area contributed by atoms with Crippen LogP contribution in [0.4, 0.5) is 11.6 Å². The standard InChI is InChI=1S/C24H21N3O.C7H9N5O/c1-4-21-15-19-10-8-9-18(13-14-20-16-26(3)25-17(20)2)23(19)24(28)27(21)22-11-6-5-7-12-22;8-5-4(6(9)13)7-10-2-1-3-12(7)11-5/h5-12,15-16H,4H2,1-3H3;1,3,10H,2H2,(H2,8,11)(H2,9,13). The highest BCUT2D eigenvalue weighted by Gasteiger charge is 2.20. The number of nitrogen functional groups attached to an aromatic ring is 1. The van der Waals surface area contributed by atoms with E-state index < -0.39 is 5.91 Å². The van der Waals surface area contributed by atoms with Crippen LogP contribution in [-0.2, 0) is 13.5 Å². The lowest BCUT2D eigenvalue weighted by Crippen LogP contribution is -2.22. The molecule has 0 atom stereocenters. The summed E-state index contributed by atoms with van der Waals surface area (Å²) in [5, 5.41) is 12.8. The van der Waals surface area contributed by atoms with E-state index in [1.54, 1.807) is 15.4 Å². The molecule has 1 aliphatic rings. The number of hydrogen-bond acceptors (Lipinski definition) is 6. The molecule has 10 heteroatoms. The molecule has 0 saturated heterocycles. The molecule has 0 radical (unpaired) electrons. The van der Waals surface area contributed by atoms with Crippen LogP contribution in [0.1, 0.15) is 39.8 Å². The summed E-state index contributed by atoms with van der Waals surface area (Å²) in [6.45, 7) is 4.64. The third-order valence-corrected chi connectivity index (χ3v) is 6.66. The molecule has 5 aromatic rings. The van der Waals surface area contributed by atoms with Crippen LogP contribution in [0.5, 0.6) is 0 Å². The number of benzene rings is 2. The van der Waals surface area contributed by atoms with Gasteiger partial charge in [-0.15, -0.1) is 5.10 Å². The first-order valence-electron chi connectivity index (χ1n) is 13.1. The summed E-state index contributed by atoms with van der Waals surface area (Å²) in [5.74, 6) is 6.52. The number of primary amides is 1. The van der Waals surface area contributed by atoms with Crippen LogP contribution in [0.15, 0.2) is 71.7 Å². The maximum atomic E-state index is 13.5. The van der Waals surface area contributed by atoms with E-state index in [4.69, 9.17) is 11.5 Å². The van der Waals surface area contributed by atoms with Crippen LogP contribution in [0, 0.1) is 18.8 Å². The van der Waals surface area contributed by atoms with Gasteiger partial charge in [-0.1, -0.05) is 49.1 Å². The number of nitrogens with one attached hydrogen (secondary N) is 1. The Hall–Kier alpha value is -5.56. The smallest absolute Gasteiger partial charge is 0.264 e. The number of carbonyl (C=O) groups is 1. The van der Waals surface area contributed by atoms with Crippen molar-refractivity contribution in [1.29, 1.82) is 0 Å². The maximum Gasteiger partial charge on any atom is 0.264 e. The van der Waals surface area contributed by atoms with Gasteiger partial charge in [-0.05, 0) is 49.1 Å². The molecular formula is C31H30N8O2. The van der Waals surface area contributed by atoms with E-state index in [0.717, 1.165) is 40.0 Å². The molecule has 41 heavy (non-hydrogen) atoms. The van der Waals surface area contributed by atoms with E-state index in [9.17, 15) is 9.59 Å². The van der Waals surface area contributed by atoms with Crippen LogP contribution < -0.4 is 22.3 Å². The molecule has 0 fully saturated rings. The Morgan fingerprint density at radius 3 is 2.51 bits per heavy atom. The highest BCUT2D eigenvalue weighted by atomic mass is 16.1. The molecule has 0 unspecified atom stereocenters. The topological polar surface area (TPSA) is 139 Å². The Morgan fingerprint density at radius 1 is 1.07 bits per heavy atom. The second-order valence-electron chi connectivity index (χ2n) is 9.47. The number of amides is 1. The van der Waals surface area contributed by atoms with Crippen LogP contribution in [0.3, 0.4) is 0 Å². The van der Waals surface area contributed by atoms with Gasteiger partial charge >= 0.3 is 0 Å². The van der Waals surface area contributed by atoms with Crippen molar-refractivity contribution in [2.24, 2.45) is 12.8 Å². The molecule has 0 spiro atoms. The van der Waals surface area contributed by atoms with E-state index in [-0.39, 0.29) is 16.9 Å². The largest absolute Gasteiger partial charge is 0.381 e. The number of rotatable bonds is 3. The van der Waals surface area contributed by atoms with E-state index in [0.29, 0.717) is 17.7 Å². The fourth-order valence-corrected chi connectivity index (χ4v) is 4.78. The molecule has 0 aliphatic carbocycles. The molecule has 3 aromatic heterocycles. The number of aryl methyl sites for hydroxylation is 3. The Labute approximate surface area is 236 Å². The van der Waals surface area contributed by atoms with E-state index in [2.05, 4.69) is 40.3 Å². The summed E-state index contributed by atoms with van der Waals surface area (Å²) in [4.78, 5) is 24.5. The highest BCUT2D eigenvalue weighted by molar-refractivity contribution is 6.02. The molecule has 4 heterocycles. The molecule has 6 rings (SSSR count). The number of para-hydroxylation sites is 1. The number of aromatic nitrogens is 5. The average molecular weight is 547 g/mol. The zero-order valence-corrected chi connectivity index (χ0v) is 23.0. The number of anilines is 2. The van der Waals surface area contributed by atoms with Gasteiger partial charge in [0.25, 0.3) is 11.5 Å². The lowest BCUT2D eigenvalue weighted by Gasteiger charge is -2.14. The van der Waals surface area contributed by atoms with Crippen molar-refractivity contribution in [2.45, 2.75) is 20.3 Å². The summed E-state index contributed by atoms with van der Waals surface area (Å²) in [6.07, 6.45) is 6.26. The average Bonchev–Trinajstić information content (AvgIpc) is 3.48. The third-order valence-electron chi connectivity index (χ3n) is 6.66. The van der Waals surface area contributed by atoms with Crippen molar-refractivity contribution in [3.05, 3.63) is 105 Å². The molecule has 206 valence electrons. The zero-order chi connectivity index (χ0) is 29.1. The SMILES string of the molecule is CCc1cc2cccc(C#Cc3cn(C)nc3C)c2c(=O)n1-c1ccccc1.NC(=O)c1c(N)nn2c1NCC=C2. The molecule has 0 bridgehead atoms. The third kappa shape index (κ3) is 5.33. The Morgan fingerprint density at radius 2 is 1.83 bits per heavy atom. The highest BCUT2D eigenvalue weighted by Crippen LogP contribution is 2.23. The summed E-state index contributed by atoms with van der Waals surface area (Å²) >= 11 is 0. The van der Waals surface area contributed by atoms with Crippen LogP contribution in [0.2, 0.25) is 0 Å². The normalized spacial score (nSPS) is 11.6. The summed E-state index contributed by atoms with van der Waals surface area (Å²) in [6, 6.07) is 17.7. The first kappa shape index (κ1) is 27.0. The first-order valence-corrected chi connectivity index (χ1v) is 13.1. The van der Waals surface area contributed by atoms with Gasteiger partial charge in [0.1, 0.15) is 11.4 Å². The van der Waals surface area contributed by atoms with Crippen LogP contribution >= 0.6 is 0 Å². The fraction of sp³-hybridized carbons (Fsp3) is 0.161. The first-order chi connectivity index (χ1) is 19.8. The Bertz CT molecular complexity index is 1920. The quantitative estimate of drug-likeness (QED) is 0.296. The van der Waals surface area contributed by atoms with Crippen molar-refractivity contribution in [3.63, 3.8) is 0 Å². The molecule has 1 aliphatic heterocycles. The van der Waals surface area contributed by atoms with Gasteiger partial charge in [-0.3, -0.25) is 18.8 Å². The predicted molar refractivity (Wildman–Crippen MR) is 162 cm³/mol. The number of pyridine rings is 1. The number of nitrogens with two attached hydrogens (primary N) is 2. The lowest BCUT2D eigenvalue weighted by atomic mass is 10.0. The van der Waals surface area contributed by atoms with Gasteiger partial charge in [0.15, 0.2) is 5.82 Å².